The molecule has 2 atom stereocenters. The fraction of sp³-hybridized carbons (Fsp3) is 0.429. The molecule has 1 N–H and O–H groups in total. The number of alkyl halides is 3. The highest BCUT2D eigenvalue weighted by molar-refractivity contribution is 5.26. The molecule has 2 unspecified atom stereocenters. The van der Waals surface area contributed by atoms with Gasteiger partial charge in [-0.2, -0.15) is 13.2 Å². The van der Waals surface area contributed by atoms with Gasteiger partial charge in [-0.3, -0.25) is 5.32 Å². The van der Waals surface area contributed by atoms with Crippen LogP contribution in [0.25, 0.3) is 0 Å². The average Bonchev–Trinajstić information content (AvgIpc) is 2.34. The molecule has 1 nitrogen and oxygen atoms in total. The van der Waals surface area contributed by atoms with Gasteiger partial charge in [0.1, 0.15) is 0 Å². The van der Waals surface area contributed by atoms with Crippen LogP contribution >= 0.6 is 0 Å². The highest BCUT2D eigenvalue weighted by Crippen LogP contribution is 2.29. The van der Waals surface area contributed by atoms with Crippen molar-refractivity contribution < 1.29 is 13.2 Å². The van der Waals surface area contributed by atoms with Crippen molar-refractivity contribution in [3.05, 3.63) is 35.4 Å². The van der Waals surface area contributed by atoms with Gasteiger partial charge in [-0.1, -0.05) is 25.0 Å². The highest BCUT2D eigenvalue weighted by atomic mass is 19.4. The number of benzene rings is 1. The molecule has 0 aliphatic rings. The smallest absolute Gasteiger partial charge is 0.297 e. The maximum absolute atomic E-state index is 12.4. The monoisotopic (exact) mass is 255 g/mol. The maximum Gasteiger partial charge on any atom is 0.416 e. The summed E-state index contributed by atoms with van der Waals surface area (Å²) in [6.07, 6.45) is 1.82. The number of rotatable bonds is 4. The minimum absolute atomic E-state index is 0.0673. The average molecular weight is 255 g/mol. The van der Waals surface area contributed by atoms with E-state index >= 15 is 0 Å². The second-order valence-electron chi connectivity index (χ2n) is 4.14. The molecule has 0 fully saturated rings. The predicted octanol–water partition coefficient (Wildman–Crippen LogP) is 3.77. The molecule has 0 aliphatic carbocycles. The van der Waals surface area contributed by atoms with Crippen LogP contribution in [-0.2, 0) is 6.18 Å². The molecule has 0 saturated carbocycles. The summed E-state index contributed by atoms with van der Waals surface area (Å²) in [4.78, 5) is 0. The van der Waals surface area contributed by atoms with Gasteiger partial charge < -0.3 is 0 Å². The molecule has 1 aromatic rings. The van der Waals surface area contributed by atoms with E-state index in [1.807, 2.05) is 13.8 Å². The number of terminal acetylenes is 1. The van der Waals surface area contributed by atoms with E-state index in [-0.39, 0.29) is 12.1 Å². The summed E-state index contributed by atoms with van der Waals surface area (Å²) < 4.78 is 37.2. The number of hydrogen-bond donors (Lipinski definition) is 1. The van der Waals surface area contributed by atoms with Crippen molar-refractivity contribution in [1.82, 2.24) is 5.32 Å². The van der Waals surface area contributed by atoms with Gasteiger partial charge in [0.05, 0.1) is 11.6 Å². The molecule has 0 heterocycles. The third kappa shape index (κ3) is 3.78. The van der Waals surface area contributed by atoms with Gasteiger partial charge in [0.25, 0.3) is 0 Å². The van der Waals surface area contributed by atoms with Crippen LogP contribution < -0.4 is 5.32 Å². The highest BCUT2D eigenvalue weighted by Gasteiger charge is 2.30. The van der Waals surface area contributed by atoms with Gasteiger partial charge in [0.2, 0.25) is 0 Å². The molecule has 4 heteroatoms. The Kier molecular flexibility index (Phi) is 4.80. The van der Waals surface area contributed by atoms with Crippen molar-refractivity contribution >= 4 is 0 Å². The van der Waals surface area contributed by atoms with E-state index in [9.17, 15) is 13.2 Å². The molecule has 0 bridgehead atoms. The molecule has 0 amide bonds. The molecule has 0 radical (unpaired) electrons. The van der Waals surface area contributed by atoms with Crippen LogP contribution in [-0.4, -0.2) is 6.04 Å². The molecular formula is C14H16F3N. The van der Waals surface area contributed by atoms with Crippen LogP contribution in [0, 0.1) is 12.3 Å². The first-order chi connectivity index (χ1) is 8.38. The summed E-state index contributed by atoms with van der Waals surface area (Å²) in [5.41, 5.74) is 0.152. The molecule has 0 saturated heterocycles. The Morgan fingerprint density at radius 2 is 1.83 bits per heavy atom. The van der Waals surface area contributed by atoms with E-state index in [0.717, 1.165) is 24.1 Å². The van der Waals surface area contributed by atoms with Crippen LogP contribution in [0.2, 0.25) is 0 Å². The van der Waals surface area contributed by atoms with Crippen LogP contribution in [0.3, 0.4) is 0 Å². The first kappa shape index (κ1) is 14.6. The molecule has 1 rings (SSSR count). The van der Waals surface area contributed by atoms with E-state index in [2.05, 4.69) is 11.2 Å². The Labute approximate surface area is 105 Å². The fourth-order valence-electron chi connectivity index (χ4n) is 1.64. The first-order valence-electron chi connectivity index (χ1n) is 5.77. The Bertz CT molecular complexity index is 414. The standard InChI is InChI=1S/C14H16F3N/c1-4-13(5-2)18-10(3)11-6-8-12(9-7-11)14(15,16)17/h1,6-10,13,18H,5H2,2-3H3. The molecule has 0 aliphatic heterocycles. The number of halogens is 3. The Hall–Kier alpha value is -1.47. The lowest BCUT2D eigenvalue weighted by atomic mass is 10.0. The first-order valence-corrected chi connectivity index (χ1v) is 5.77. The zero-order valence-electron chi connectivity index (χ0n) is 10.4. The Balaban J connectivity index is 2.77. The minimum atomic E-state index is -4.29. The van der Waals surface area contributed by atoms with Gasteiger partial charge in [-0.25, -0.2) is 0 Å². The summed E-state index contributed by atoms with van der Waals surface area (Å²) in [6.45, 7) is 3.83. The van der Waals surface area contributed by atoms with E-state index < -0.39 is 11.7 Å². The van der Waals surface area contributed by atoms with Gasteiger partial charge in [-0.15, -0.1) is 6.42 Å². The van der Waals surface area contributed by atoms with E-state index in [4.69, 9.17) is 6.42 Å². The van der Waals surface area contributed by atoms with Gasteiger partial charge in [-0.05, 0) is 31.0 Å². The van der Waals surface area contributed by atoms with Gasteiger partial charge >= 0.3 is 6.18 Å². The summed E-state index contributed by atoms with van der Waals surface area (Å²) >= 11 is 0. The molecule has 0 spiro atoms. The predicted molar refractivity (Wildman–Crippen MR) is 65.9 cm³/mol. The second kappa shape index (κ2) is 5.92. The van der Waals surface area contributed by atoms with Crippen molar-refractivity contribution in [2.24, 2.45) is 0 Å². The van der Waals surface area contributed by atoms with Crippen molar-refractivity contribution in [2.75, 3.05) is 0 Å². The van der Waals surface area contributed by atoms with Crippen molar-refractivity contribution in [2.45, 2.75) is 38.5 Å². The second-order valence-corrected chi connectivity index (χ2v) is 4.14. The van der Waals surface area contributed by atoms with E-state index in [0.29, 0.717) is 0 Å². The Morgan fingerprint density at radius 1 is 1.28 bits per heavy atom. The summed E-state index contributed by atoms with van der Waals surface area (Å²) in [6, 6.07) is 4.98. The summed E-state index contributed by atoms with van der Waals surface area (Å²) in [7, 11) is 0. The van der Waals surface area contributed by atoms with Crippen molar-refractivity contribution in [1.29, 1.82) is 0 Å². The van der Waals surface area contributed by atoms with E-state index in [1.54, 1.807) is 0 Å². The summed E-state index contributed by atoms with van der Waals surface area (Å²) in [5.74, 6) is 2.60. The number of nitrogens with one attached hydrogen (secondary N) is 1. The van der Waals surface area contributed by atoms with Crippen LogP contribution in [0.5, 0.6) is 0 Å². The lowest BCUT2D eigenvalue weighted by Gasteiger charge is -2.19. The SMILES string of the molecule is C#CC(CC)NC(C)c1ccc(C(F)(F)F)cc1. The molecular weight excluding hydrogens is 239 g/mol. The molecule has 0 aromatic heterocycles. The number of hydrogen-bond acceptors (Lipinski definition) is 1. The van der Waals surface area contributed by atoms with Gasteiger partial charge in [0, 0.05) is 6.04 Å². The Morgan fingerprint density at radius 3 is 2.22 bits per heavy atom. The van der Waals surface area contributed by atoms with Crippen LogP contribution in [0.15, 0.2) is 24.3 Å². The minimum Gasteiger partial charge on any atom is -0.297 e. The lowest BCUT2D eigenvalue weighted by molar-refractivity contribution is -0.137. The van der Waals surface area contributed by atoms with Crippen molar-refractivity contribution in [3.8, 4) is 12.3 Å². The topological polar surface area (TPSA) is 12.0 Å². The summed E-state index contributed by atoms with van der Waals surface area (Å²) in [5, 5.41) is 3.17. The largest absolute Gasteiger partial charge is 0.416 e. The zero-order chi connectivity index (χ0) is 13.8. The van der Waals surface area contributed by atoms with Crippen LogP contribution in [0.1, 0.15) is 37.4 Å². The van der Waals surface area contributed by atoms with E-state index in [1.165, 1.54) is 12.1 Å². The normalized spacial score (nSPS) is 14.9. The maximum atomic E-state index is 12.4. The van der Waals surface area contributed by atoms with Crippen LogP contribution in [0.4, 0.5) is 13.2 Å². The lowest BCUT2D eigenvalue weighted by Crippen LogP contribution is -2.29. The zero-order valence-corrected chi connectivity index (χ0v) is 10.4. The fourth-order valence-corrected chi connectivity index (χ4v) is 1.64. The van der Waals surface area contributed by atoms with Crippen molar-refractivity contribution in [3.63, 3.8) is 0 Å². The third-order valence-corrected chi connectivity index (χ3v) is 2.80. The quantitative estimate of drug-likeness (QED) is 0.808. The third-order valence-electron chi connectivity index (χ3n) is 2.80. The molecule has 1 aromatic carbocycles. The molecule has 98 valence electrons. The molecule has 18 heavy (non-hydrogen) atoms. The van der Waals surface area contributed by atoms with Gasteiger partial charge in [0.15, 0.2) is 0 Å².